The van der Waals surface area contributed by atoms with E-state index in [4.69, 9.17) is 0 Å². The molecule has 12 heavy (non-hydrogen) atoms. The number of nitrogens with zero attached hydrogens (tertiary/aromatic N) is 2. The minimum atomic E-state index is -1.31. The number of nitroso groups, excluding NO2 is 1. The predicted molar refractivity (Wildman–Crippen MR) is 42.7 cm³/mol. The quantitative estimate of drug-likeness (QED) is 0.541. The Labute approximate surface area is 70.4 Å². The van der Waals surface area contributed by atoms with Crippen LogP contribution in [0.4, 0.5) is 0 Å². The first kappa shape index (κ1) is 9.15. The molecule has 0 aromatic heterocycles. The normalized spacial score (nSPS) is 28.8. The molecule has 0 bridgehead atoms. The van der Waals surface area contributed by atoms with Gasteiger partial charge in [0.25, 0.3) is 5.54 Å². The summed E-state index contributed by atoms with van der Waals surface area (Å²) in [6, 6.07) is 0. The third-order valence-corrected chi connectivity index (χ3v) is 2.07. The van der Waals surface area contributed by atoms with Crippen molar-refractivity contribution >= 4 is 0 Å². The average molecular weight is 172 g/mol. The number of hydrogen-bond acceptors (Lipinski definition) is 4. The van der Waals surface area contributed by atoms with E-state index in [1.54, 1.807) is 0 Å². The monoisotopic (exact) mass is 172 g/mol. The molecule has 0 amide bonds. The first-order valence-corrected chi connectivity index (χ1v) is 3.66. The van der Waals surface area contributed by atoms with E-state index in [1.165, 1.54) is 27.0 Å². The van der Waals surface area contributed by atoms with Crippen LogP contribution in [0.1, 0.15) is 20.8 Å². The summed E-state index contributed by atoms with van der Waals surface area (Å²) in [5.41, 5.74) is -0.863. The fraction of sp³-hybridized carbons (Fsp3) is 0.714. The van der Waals surface area contributed by atoms with Gasteiger partial charge in [0.1, 0.15) is 0 Å². The second-order valence-electron chi connectivity index (χ2n) is 3.45. The Morgan fingerprint density at radius 1 is 1.75 bits per heavy atom. The second-order valence-corrected chi connectivity index (χ2v) is 3.45. The summed E-state index contributed by atoms with van der Waals surface area (Å²) in [6.45, 7) is 4.51. The molecular weight excluding hydrogens is 160 g/mol. The minimum Gasteiger partial charge on any atom is -0.756 e. The highest BCUT2D eigenvalue weighted by Crippen LogP contribution is 2.25. The summed E-state index contributed by atoms with van der Waals surface area (Å²) < 4.78 is 0.599. The summed E-state index contributed by atoms with van der Waals surface area (Å²) in [5, 5.41) is 20.9. The Balaban J connectivity index is 3.08. The van der Waals surface area contributed by atoms with Crippen molar-refractivity contribution in [2.24, 2.45) is 0 Å². The van der Waals surface area contributed by atoms with Crippen LogP contribution in [0, 0.1) is 10.1 Å². The lowest BCUT2D eigenvalue weighted by Gasteiger charge is -2.41. The number of hydrogen-bond donors (Lipinski definition) is 1. The van der Waals surface area contributed by atoms with E-state index < -0.39 is 11.8 Å². The fourth-order valence-electron chi connectivity index (χ4n) is 0.987. The minimum absolute atomic E-state index is 0.219. The van der Waals surface area contributed by atoms with Crippen LogP contribution in [0.25, 0.3) is 0 Å². The van der Waals surface area contributed by atoms with Crippen LogP contribution in [0.5, 0.6) is 0 Å². The predicted octanol–water partition coefficient (Wildman–Crippen LogP) is 0.537. The maximum absolute atomic E-state index is 11.2. The van der Waals surface area contributed by atoms with Gasteiger partial charge in [-0.15, -0.1) is 0 Å². The molecule has 1 heterocycles. The third-order valence-electron chi connectivity index (χ3n) is 2.07. The Morgan fingerprint density at radius 2 is 2.25 bits per heavy atom. The summed E-state index contributed by atoms with van der Waals surface area (Å²) in [7, 11) is 0. The van der Waals surface area contributed by atoms with Crippen molar-refractivity contribution in [2.75, 3.05) is 0 Å². The van der Waals surface area contributed by atoms with Crippen molar-refractivity contribution < 1.29 is 9.87 Å². The Hall–Kier alpha value is -0.940. The highest BCUT2D eigenvalue weighted by molar-refractivity contribution is 5.01. The number of hydroxylamine groups is 2. The zero-order valence-corrected chi connectivity index (χ0v) is 7.31. The maximum Gasteiger partial charge on any atom is 0.254 e. The van der Waals surface area contributed by atoms with Gasteiger partial charge in [-0.05, 0) is 6.92 Å². The molecule has 0 aliphatic carbocycles. The van der Waals surface area contributed by atoms with Gasteiger partial charge < -0.3 is 15.4 Å². The summed E-state index contributed by atoms with van der Waals surface area (Å²) in [5.74, 6) is 0. The molecule has 5 nitrogen and oxygen atoms in total. The number of aliphatic hydroxyl groups is 1. The van der Waals surface area contributed by atoms with Crippen LogP contribution in [0.3, 0.4) is 0 Å². The van der Waals surface area contributed by atoms with Crippen molar-refractivity contribution in [3.8, 4) is 0 Å². The van der Waals surface area contributed by atoms with E-state index in [2.05, 4.69) is 0 Å². The molecule has 1 atom stereocenters. The molecule has 0 unspecified atom stereocenters. The molecule has 0 aromatic rings. The smallest absolute Gasteiger partial charge is 0.254 e. The standard InChI is InChI=1S/C7H12N2O3/c1-5-4-8(11)7(2,3)6(10)9(5)12/h4,6,10H,1-3H3/t6-/m1/s1. The zero-order valence-electron chi connectivity index (χ0n) is 7.31. The Kier molecular flexibility index (Phi) is 1.93. The van der Waals surface area contributed by atoms with E-state index in [-0.39, 0.29) is 5.70 Å². The average Bonchev–Trinajstić information content (AvgIpc) is 1.99. The van der Waals surface area contributed by atoms with Gasteiger partial charge in [0, 0.05) is 23.5 Å². The van der Waals surface area contributed by atoms with Gasteiger partial charge in [-0.2, -0.15) is 0 Å². The van der Waals surface area contributed by atoms with Crippen LogP contribution < -0.4 is 0 Å². The van der Waals surface area contributed by atoms with E-state index in [0.717, 1.165) is 0 Å². The SMILES string of the molecule is CC1=C[N+](=O)C(C)(C)[C@@H](O)N1[O-]. The molecule has 0 fully saturated rings. The number of rotatable bonds is 0. The molecule has 0 radical (unpaired) electrons. The lowest BCUT2D eigenvalue weighted by molar-refractivity contribution is -0.586. The number of allylic oxidation sites excluding steroid dienone is 1. The van der Waals surface area contributed by atoms with Crippen LogP contribution in [0.2, 0.25) is 0 Å². The van der Waals surface area contributed by atoms with E-state index in [0.29, 0.717) is 9.82 Å². The van der Waals surface area contributed by atoms with Crippen LogP contribution in [0.15, 0.2) is 11.9 Å². The molecule has 1 aliphatic heterocycles. The third kappa shape index (κ3) is 1.11. The molecule has 0 aromatic carbocycles. The van der Waals surface area contributed by atoms with Crippen molar-refractivity contribution in [1.29, 1.82) is 0 Å². The van der Waals surface area contributed by atoms with Crippen LogP contribution in [-0.2, 0) is 0 Å². The van der Waals surface area contributed by atoms with Gasteiger partial charge in [0.2, 0.25) is 6.20 Å². The summed E-state index contributed by atoms with van der Waals surface area (Å²) in [6.07, 6.45) is -0.125. The van der Waals surface area contributed by atoms with Crippen LogP contribution in [-0.4, -0.2) is 26.7 Å². The van der Waals surface area contributed by atoms with E-state index in [9.17, 15) is 15.2 Å². The van der Waals surface area contributed by atoms with E-state index >= 15 is 0 Å². The molecule has 0 saturated carbocycles. The maximum atomic E-state index is 11.2. The zero-order chi connectivity index (χ0) is 9.52. The van der Waals surface area contributed by atoms with Gasteiger partial charge in [-0.3, -0.25) is 0 Å². The number of aliphatic hydroxyl groups excluding tert-OH is 1. The van der Waals surface area contributed by atoms with Gasteiger partial charge in [-0.25, -0.2) is 0 Å². The molecular formula is C7H12N2O3. The van der Waals surface area contributed by atoms with Gasteiger partial charge in [0.15, 0.2) is 6.23 Å². The molecule has 68 valence electrons. The van der Waals surface area contributed by atoms with Crippen molar-refractivity contribution in [3.63, 3.8) is 0 Å². The molecule has 1 rings (SSSR count). The van der Waals surface area contributed by atoms with Gasteiger partial charge in [-0.1, -0.05) is 0 Å². The van der Waals surface area contributed by atoms with E-state index in [1.807, 2.05) is 0 Å². The molecule has 1 N–H and O–H groups in total. The lowest BCUT2D eigenvalue weighted by Crippen LogP contribution is -2.54. The topological polar surface area (TPSA) is 66.6 Å². The highest BCUT2D eigenvalue weighted by atomic mass is 16.5. The highest BCUT2D eigenvalue weighted by Gasteiger charge is 2.46. The summed E-state index contributed by atoms with van der Waals surface area (Å²) >= 11 is 0. The van der Waals surface area contributed by atoms with Crippen LogP contribution >= 0.6 is 0 Å². The van der Waals surface area contributed by atoms with Crippen molar-refractivity contribution in [1.82, 2.24) is 5.06 Å². The lowest BCUT2D eigenvalue weighted by atomic mass is 10.0. The Bertz CT molecular complexity index is 247. The molecule has 1 aliphatic rings. The first-order chi connectivity index (χ1) is 5.37. The fourth-order valence-corrected chi connectivity index (χ4v) is 0.987. The molecule has 0 spiro atoms. The first-order valence-electron chi connectivity index (χ1n) is 3.66. The van der Waals surface area contributed by atoms with Crippen molar-refractivity contribution in [2.45, 2.75) is 32.5 Å². The summed E-state index contributed by atoms with van der Waals surface area (Å²) in [4.78, 5) is 11.2. The van der Waals surface area contributed by atoms with Gasteiger partial charge in [0.05, 0.1) is 5.70 Å². The van der Waals surface area contributed by atoms with Crippen molar-refractivity contribution in [3.05, 3.63) is 22.0 Å². The second kappa shape index (κ2) is 2.53. The van der Waals surface area contributed by atoms with Gasteiger partial charge >= 0.3 is 0 Å². The Morgan fingerprint density at radius 3 is 2.75 bits per heavy atom. The molecule has 5 heteroatoms. The largest absolute Gasteiger partial charge is 0.756 e. The molecule has 0 saturated heterocycles.